The van der Waals surface area contributed by atoms with Crippen molar-refractivity contribution in [3.63, 3.8) is 0 Å². The number of aromatic nitrogens is 2. The van der Waals surface area contributed by atoms with Gasteiger partial charge in [0.25, 0.3) is 5.56 Å². The molecule has 3 aromatic rings. The van der Waals surface area contributed by atoms with E-state index in [2.05, 4.69) is 46.4 Å². The average Bonchev–Trinajstić information content (AvgIpc) is 2.69. The average molecular weight is 362 g/mol. The molecule has 1 fully saturated rings. The molecule has 1 saturated heterocycles. The largest absolute Gasteiger partial charge is 0.372 e. The molecule has 140 valence electrons. The Kier molecular flexibility index (Phi) is 4.84. The number of nitrogens with zero attached hydrogens (tertiary/aromatic N) is 3. The van der Waals surface area contributed by atoms with Crippen LogP contribution >= 0.6 is 0 Å². The summed E-state index contributed by atoms with van der Waals surface area (Å²) in [6, 6.07) is 14.6. The molecule has 4 rings (SSSR count). The van der Waals surface area contributed by atoms with Crippen molar-refractivity contribution in [2.75, 3.05) is 23.3 Å². The van der Waals surface area contributed by atoms with Gasteiger partial charge in [-0.15, -0.1) is 0 Å². The van der Waals surface area contributed by atoms with Gasteiger partial charge in [0.1, 0.15) is 0 Å². The molecule has 5 heteroatoms. The van der Waals surface area contributed by atoms with Crippen LogP contribution in [0.25, 0.3) is 11.0 Å². The molecule has 27 heavy (non-hydrogen) atoms. The number of hydrogen-bond acceptors (Lipinski definition) is 4. The van der Waals surface area contributed by atoms with Gasteiger partial charge < -0.3 is 14.8 Å². The predicted molar refractivity (Wildman–Crippen MR) is 112 cm³/mol. The number of aryl methyl sites for hydroxylation is 1. The Hall–Kier alpha value is -2.82. The second-order valence-corrected chi connectivity index (χ2v) is 7.39. The first-order chi connectivity index (χ1) is 13.1. The smallest absolute Gasteiger partial charge is 0.269 e. The molecule has 1 aromatic heterocycles. The molecule has 0 atom stereocenters. The van der Waals surface area contributed by atoms with Crippen LogP contribution in [0.4, 0.5) is 17.1 Å². The van der Waals surface area contributed by atoms with Crippen LogP contribution in [-0.2, 0) is 6.54 Å². The van der Waals surface area contributed by atoms with Gasteiger partial charge in [0.2, 0.25) is 0 Å². The minimum Gasteiger partial charge on any atom is -0.372 e. The van der Waals surface area contributed by atoms with Gasteiger partial charge in [-0.25, -0.2) is 4.98 Å². The van der Waals surface area contributed by atoms with Crippen LogP contribution in [-0.4, -0.2) is 22.6 Å². The lowest BCUT2D eigenvalue weighted by Crippen LogP contribution is -2.32. The molecular formula is C22H26N4O. The topological polar surface area (TPSA) is 50.2 Å². The molecule has 1 N–H and O–H groups in total. The number of anilines is 3. The van der Waals surface area contributed by atoms with Gasteiger partial charge in [0.05, 0.1) is 17.2 Å². The van der Waals surface area contributed by atoms with Gasteiger partial charge in [0, 0.05) is 36.7 Å². The second-order valence-electron chi connectivity index (χ2n) is 7.39. The van der Waals surface area contributed by atoms with Crippen LogP contribution in [0.3, 0.4) is 0 Å². The summed E-state index contributed by atoms with van der Waals surface area (Å²) in [6.45, 7) is 7.23. The molecule has 2 heterocycles. The summed E-state index contributed by atoms with van der Waals surface area (Å²) in [4.78, 5) is 18.7. The van der Waals surface area contributed by atoms with Gasteiger partial charge in [-0.2, -0.15) is 0 Å². The number of piperidine rings is 1. The standard InChI is InChI=1S/C22H26N4O/c1-3-26-21-9-6-18(14-20(21)23-15-22(26)27)24-17-4-7-19(8-5-17)25-12-10-16(2)11-13-25/h4-9,14-16,24H,3,10-13H2,1-2H3. The van der Waals surface area contributed by atoms with E-state index in [0.717, 1.165) is 41.4 Å². The van der Waals surface area contributed by atoms with E-state index in [1.807, 2.05) is 25.1 Å². The Bertz CT molecular complexity index is 985. The number of fused-ring (bicyclic) bond motifs is 1. The Morgan fingerprint density at radius 2 is 1.78 bits per heavy atom. The molecule has 1 aliphatic heterocycles. The fraction of sp³-hybridized carbons (Fsp3) is 0.364. The minimum absolute atomic E-state index is 0.0617. The van der Waals surface area contributed by atoms with E-state index >= 15 is 0 Å². The molecule has 0 saturated carbocycles. The van der Waals surface area contributed by atoms with Gasteiger partial charge in [-0.1, -0.05) is 6.92 Å². The highest BCUT2D eigenvalue weighted by atomic mass is 16.1. The zero-order chi connectivity index (χ0) is 18.8. The lowest BCUT2D eigenvalue weighted by Gasteiger charge is -2.32. The fourth-order valence-corrected chi connectivity index (χ4v) is 3.76. The third-order valence-corrected chi connectivity index (χ3v) is 5.47. The summed E-state index contributed by atoms with van der Waals surface area (Å²) in [7, 11) is 0. The summed E-state index contributed by atoms with van der Waals surface area (Å²) in [5.41, 5.74) is 4.93. The third-order valence-electron chi connectivity index (χ3n) is 5.47. The minimum atomic E-state index is -0.0617. The Morgan fingerprint density at radius 1 is 1.07 bits per heavy atom. The number of rotatable bonds is 4. The molecule has 2 aromatic carbocycles. The molecule has 1 aliphatic rings. The quantitative estimate of drug-likeness (QED) is 0.747. The Morgan fingerprint density at radius 3 is 2.48 bits per heavy atom. The molecule has 0 bridgehead atoms. The van der Waals surface area contributed by atoms with E-state index < -0.39 is 0 Å². The van der Waals surface area contributed by atoms with E-state index in [-0.39, 0.29) is 5.56 Å². The lowest BCUT2D eigenvalue weighted by atomic mass is 9.99. The van der Waals surface area contributed by atoms with Gasteiger partial charge in [-0.05, 0) is 68.1 Å². The van der Waals surface area contributed by atoms with Crippen molar-refractivity contribution in [2.45, 2.75) is 33.2 Å². The van der Waals surface area contributed by atoms with Gasteiger partial charge >= 0.3 is 0 Å². The lowest BCUT2D eigenvalue weighted by molar-refractivity contribution is 0.438. The third kappa shape index (κ3) is 3.68. The number of benzene rings is 2. The SMILES string of the molecule is CCn1c(=O)cnc2cc(Nc3ccc(N4CCC(C)CC4)cc3)ccc21. The maximum atomic E-state index is 11.9. The first kappa shape index (κ1) is 17.6. The van der Waals surface area contributed by atoms with Crippen molar-refractivity contribution in [3.05, 3.63) is 59.0 Å². The van der Waals surface area contributed by atoms with Crippen molar-refractivity contribution in [2.24, 2.45) is 5.92 Å². The van der Waals surface area contributed by atoms with Gasteiger partial charge in [-0.3, -0.25) is 4.79 Å². The highest BCUT2D eigenvalue weighted by molar-refractivity contribution is 5.80. The molecule has 0 unspecified atom stereocenters. The zero-order valence-electron chi connectivity index (χ0n) is 16.0. The van der Waals surface area contributed by atoms with Crippen LogP contribution in [0.5, 0.6) is 0 Å². The number of hydrogen-bond donors (Lipinski definition) is 1. The van der Waals surface area contributed by atoms with Crippen molar-refractivity contribution in [1.29, 1.82) is 0 Å². The normalized spacial score (nSPS) is 15.3. The molecular weight excluding hydrogens is 336 g/mol. The summed E-state index contributed by atoms with van der Waals surface area (Å²) in [5, 5.41) is 3.44. The zero-order valence-corrected chi connectivity index (χ0v) is 16.0. The highest BCUT2D eigenvalue weighted by Gasteiger charge is 2.15. The molecule has 5 nitrogen and oxygen atoms in total. The maximum Gasteiger partial charge on any atom is 0.269 e. The maximum absolute atomic E-state index is 11.9. The van der Waals surface area contributed by atoms with E-state index in [4.69, 9.17) is 0 Å². The first-order valence-corrected chi connectivity index (χ1v) is 9.75. The molecule has 0 radical (unpaired) electrons. The predicted octanol–water partition coefficient (Wildman–Crippen LogP) is 4.40. The number of nitrogens with one attached hydrogen (secondary N) is 1. The molecule has 0 spiro atoms. The summed E-state index contributed by atoms with van der Waals surface area (Å²) in [5.74, 6) is 0.841. The van der Waals surface area contributed by atoms with Crippen LogP contribution in [0.1, 0.15) is 26.7 Å². The van der Waals surface area contributed by atoms with Crippen molar-refractivity contribution < 1.29 is 0 Å². The van der Waals surface area contributed by atoms with Crippen molar-refractivity contribution >= 4 is 28.1 Å². The summed E-state index contributed by atoms with van der Waals surface area (Å²) < 4.78 is 1.74. The van der Waals surface area contributed by atoms with Crippen molar-refractivity contribution in [3.8, 4) is 0 Å². The van der Waals surface area contributed by atoms with E-state index in [9.17, 15) is 4.79 Å². The molecule has 0 amide bonds. The van der Waals surface area contributed by atoms with Crippen LogP contribution in [0, 0.1) is 5.92 Å². The van der Waals surface area contributed by atoms with Gasteiger partial charge in [0.15, 0.2) is 0 Å². The van der Waals surface area contributed by atoms with Crippen LogP contribution < -0.4 is 15.8 Å². The van der Waals surface area contributed by atoms with Crippen LogP contribution in [0.2, 0.25) is 0 Å². The summed E-state index contributed by atoms with van der Waals surface area (Å²) in [6.07, 6.45) is 3.93. The first-order valence-electron chi connectivity index (χ1n) is 9.75. The molecule has 0 aliphatic carbocycles. The Balaban J connectivity index is 1.52. The van der Waals surface area contributed by atoms with E-state index in [1.54, 1.807) is 4.57 Å². The van der Waals surface area contributed by atoms with E-state index in [0.29, 0.717) is 6.54 Å². The van der Waals surface area contributed by atoms with E-state index in [1.165, 1.54) is 24.7 Å². The Labute approximate surface area is 159 Å². The monoisotopic (exact) mass is 362 g/mol. The van der Waals surface area contributed by atoms with Crippen LogP contribution in [0.15, 0.2) is 53.5 Å². The fourth-order valence-electron chi connectivity index (χ4n) is 3.76. The highest BCUT2D eigenvalue weighted by Crippen LogP contribution is 2.26. The summed E-state index contributed by atoms with van der Waals surface area (Å²) >= 11 is 0. The second kappa shape index (κ2) is 7.43. The van der Waals surface area contributed by atoms with Crippen molar-refractivity contribution in [1.82, 2.24) is 9.55 Å².